The first-order chi connectivity index (χ1) is 8.97. The second-order valence-corrected chi connectivity index (χ2v) is 5.43. The lowest BCUT2D eigenvalue weighted by Gasteiger charge is -2.26. The number of halogens is 4. The summed E-state index contributed by atoms with van der Waals surface area (Å²) in [5.74, 6) is 0.387. The molecule has 0 amide bonds. The van der Waals surface area contributed by atoms with Gasteiger partial charge in [0, 0.05) is 18.6 Å². The number of hydrogen-bond donors (Lipinski definition) is 0. The lowest BCUT2D eigenvalue weighted by atomic mass is 9.92. The van der Waals surface area contributed by atoms with E-state index in [0.29, 0.717) is 12.3 Å². The van der Waals surface area contributed by atoms with Gasteiger partial charge in [0.25, 0.3) is 0 Å². The molecule has 1 nitrogen and oxygen atoms in total. The van der Waals surface area contributed by atoms with Crippen LogP contribution in [0.2, 0.25) is 0 Å². The van der Waals surface area contributed by atoms with Gasteiger partial charge in [0.15, 0.2) is 0 Å². The Bertz CT molecular complexity index is 396. The molecule has 1 atom stereocenters. The van der Waals surface area contributed by atoms with Crippen LogP contribution in [0, 0.1) is 5.92 Å². The van der Waals surface area contributed by atoms with Crippen LogP contribution in [-0.2, 0) is 17.3 Å². The van der Waals surface area contributed by atoms with Gasteiger partial charge in [-0.2, -0.15) is 13.2 Å². The summed E-state index contributed by atoms with van der Waals surface area (Å²) in [5, 5.41) is -0.0411. The predicted octanol–water partition coefficient (Wildman–Crippen LogP) is 4.28. The van der Waals surface area contributed by atoms with Crippen molar-refractivity contribution in [2.24, 2.45) is 5.92 Å². The summed E-state index contributed by atoms with van der Waals surface area (Å²) in [6.07, 6.45) is -1.83. The molecule has 106 valence electrons. The van der Waals surface area contributed by atoms with Crippen molar-refractivity contribution in [2.45, 2.75) is 30.8 Å². The van der Waals surface area contributed by atoms with Gasteiger partial charge in [0.05, 0.1) is 5.56 Å². The van der Waals surface area contributed by atoms with E-state index in [0.717, 1.165) is 43.8 Å². The molecule has 1 unspecified atom stereocenters. The first-order valence-corrected chi connectivity index (χ1v) is 6.78. The van der Waals surface area contributed by atoms with Gasteiger partial charge in [-0.3, -0.25) is 0 Å². The Hall–Kier alpha value is -0.740. The number of benzene rings is 1. The maximum absolute atomic E-state index is 12.4. The summed E-state index contributed by atoms with van der Waals surface area (Å²) in [5.41, 5.74) is 0.230. The third-order valence-electron chi connectivity index (χ3n) is 3.49. The van der Waals surface area contributed by atoms with Crippen LogP contribution >= 0.6 is 11.6 Å². The first kappa shape index (κ1) is 14.7. The Balaban J connectivity index is 1.95. The monoisotopic (exact) mass is 292 g/mol. The largest absolute Gasteiger partial charge is 0.416 e. The molecule has 0 bridgehead atoms. The van der Waals surface area contributed by atoms with Gasteiger partial charge in [-0.15, -0.1) is 11.6 Å². The van der Waals surface area contributed by atoms with Crippen LogP contribution in [0.15, 0.2) is 24.3 Å². The fourth-order valence-electron chi connectivity index (χ4n) is 2.30. The molecule has 0 radical (unpaired) electrons. The molecular weight excluding hydrogens is 277 g/mol. The van der Waals surface area contributed by atoms with E-state index in [2.05, 4.69) is 0 Å². The second-order valence-electron chi connectivity index (χ2n) is 4.86. The quantitative estimate of drug-likeness (QED) is 0.756. The highest BCUT2D eigenvalue weighted by Crippen LogP contribution is 2.30. The van der Waals surface area contributed by atoms with Crippen molar-refractivity contribution < 1.29 is 17.9 Å². The van der Waals surface area contributed by atoms with Crippen LogP contribution in [0.3, 0.4) is 0 Å². The van der Waals surface area contributed by atoms with Crippen molar-refractivity contribution in [3.63, 3.8) is 0 Å². The van der Waals surface area contributed by atoms with E-state index in [9.17, 15) is 13.2 Å². The van der Waals surface area contributed by atoms with Gasteiger partial charge in [0.2, 0.25) is 0 Å². The topological polar surface area (TPSA) is 9.23 Å². The number of hydrogen-bond acceptors (Lipinski definition) is 1. The van der Waals surface area contributed by atoms with Crippen LogP contribution in [0.25, 0.3) is 0 Å². The third-order valence-corrected chi connectivity index (χ3v) is 4.00. The van der Waals surface area contributed by atoms with E-state index in [1.165, 1.54) is 12.1 Å². The van der Waals surface area contributed by atoms with Crippen molar-refractivity contribution in [2.75, 3.05) is 13.2 Å². The van der Waals surface area contributed by atoms with E-state index < -0.39 is 11.7 Å². The molecule has 5 heteroatoms. The summed E-state index contributed by atoms with van der Waals surface area (Å²) in [7, 11) is 0. The molecule has 1 fully saturated rings. The summed E-state index contributed by atoms with van der Waals surface area (Å²) >= 11 is 6.35. The number of alkyl halides is 4. The van der Waals surface area contributed by atoms with E-state index in [-0.39, 0.29) is 5.38 Å². The highest BCUT2D eigenvalue weighted by Gasteiger charge is 2.30. The Labute approximate surface area is 115 Å². The molecule has 1 aromatic carbocycles. The molecule has 19 heavy (non-hydrogen) atoms. The Morgan fingerprint density at radius 1 is 1.16 bits per heavy atom. The van der Waals surface area contributed by atoms with Gasteiger partial charge in [0.1, 0.15) is 0 Å². The van der Waals surface area contributed by atoms with E-state index in [1.54, 1.807) is 0 Å². The molecule has 0 aromatic heterocycles. The van der Waals surface area contributed by atoms with Crippen LogP contribution in [0.5, 0.6) is 0 Å². The number of rotatable bonds is 3. The highest BCUT2D eigenvalue weighted by molar-refractivity contribution is 6.20. The van der Waals surface area contributed by atoms with Crippen molar-refractivity contribution >= 4 is 11.6 Å². The zero-order chi connectivity index (χ0) is 13.9. The summed E-state index contributed by atoms with van der Waals surface area (Å²) in [6.45, 7) is 1.45. The maximum Gasteiger partial charge on any atom is 0.416 e. The lowest BCUT2D eigenvalue weighted by molar-refractivity contribution is -0.137. The van der Waals surface area contributed by atoms with Crippen LogP contribution in [-0.4, -0.2) is 18.6 Å². The van der Waals surface area contributed by atoms with Gasteiger partial charge in [-0.25, -0.2) is 0 Å². The van der Waals surface area contributed by atoms with Gasteiger partial charge >= 0.3 is 6.18 Å². The maximum atomic E-state index is 12.4. The number of ether oxygens (including phenoxy) is 1. The zero-order valence-corrected chi connectivity index (χ0v) is 11.2. The van der Waals surface area contributed by atoms with E-state index >= 15 is 0 Å². The van der Waals surface area contributed by atoms with Crippen molar-refractivity contribution in [1.82, 2.24) is 0 Å². The molecular formula is C14H16ClF3O. The molecule has 0 spiro atoms. The van der Waals surface area contributed by atoms with Crippen LogP contribution in [0.1, 0.15) is 24.0 Å². The minimum atomic E-state index is -4.28. The highest BCUT2D eigenvalue weighted by atomic mass is 35.5. The summed E-state index contributed by atoms with van der Waals surface area (Å²) in [6, 6.07) is 5.25. The normalized spacial score (nSPS) is 19.4. The minimum absolute atomic E-state index is 0.0411. The van der Waals surface area contributed by atoms with Crippen LogP contribution < -0.4 is 0 Å². The third kappa shape index (κ3) is 4.11. The SMILES string of the molecule is FC(F)(F)c1ccc(CC(Cl)C2CCOCC2)cc1. The molecule has 0 N–H and O–H groups in total. The van der Waals surface area contributed by atoms with Gasteiger partial charge in [-0.05, 0) is 42.9 Å². The Kier molecular flexibility index (Phi) is 4.74. The molecule has 2 rings (SSSR count). The molecule has 1 saturated heterocycles. The van der Waals surface area contributed by atoms with Gasteiger partial charge in [-0.1, -0.05) is 12.1 Å². The van der Waals surface area contributed by atoms with Crippen LogP contribution in [0.4, 0.5) is 13.2 Å². The first-order valence-electron chi connectivity index (χ1n) is 6.35. The fraction of sp³-hybridized carbons (Fsp3) is 0.571. The standard InChI is InChI=1S/C14H16ClF3O/c15-13(11-5-7-19-8-6-11)9-10-1-3-12(4-2-10)14(16,17)18/h1-4,11,13H,5-9H2. The van der Waals surface area contributed by atoms with Crippen molar-refractivity contribution in [3.05, 3.63) is 35.4 Å². The molecule has 1 aliphatic rings. The van der Waals surface area contributed by atoms with Gasteiger partial charge < -0.3 is 4.74 Å². The van der Waals surface area contributed by atoms with E-state index in [1.807, 2.05) is 0 Å². The average molecular weight is 293 g/mol. The van der Waals surface area contributed by atoms with Crippen molar-refractivity contribution in [3.8, 4) is 0 Å². The molecule has 1 aromatic rings. The zero-order valence-electron chi connectivity index (χ0n) is 10.4. The smallest absolute Gasteiger partial charge is 0.381 e. The fourth-order valence-corrected chi connectivity index (χ4v) is 2.73. The molecule has 1 aliphatic heterocycles. The lowest BCUT2D eigenvalue weighted by Crippen LogP contribution is -2.25. The second kappa shape index (κ2) is 6.14. The summed E-state index contributed by atoms with van der Waals surface area (Å²) in [4.78, 5) is 0. The molecule has 1 heterocycles. The Morgan fingerprint density at radius 3 is 2.26 bits per heavy atom. The molecule has 0 saturated carbocycles. The summed E-state index contributed by atoms with van der Waals surface area (Å²) < 4.78 is 42.6. The average Bonchev–Trinajstić information content (AvgIpc) is 2.39. The Morgan fingerprint density at radius 2 is 1.74 bits per heavy atom. The minimum Gasteiger partial charge on any atom is -0.381 e. The van der Waals surface area contributed by atoms with E-state index in [4.69, 9.17) is 16.3 Å². The van der Waals surface area contributed by atoms with Crippen molar-refractivity contribution in [1.29, 1.82) is 0 Å². The predicted molar refractivity (Wildman–Crippen MR) is 68.3 cm³/mol. The molecule has 0 aliphatic carbocycles.